The second-order valence-electron chi connectivity index (χ2n) is 6.43. The van der Waals surface area contributed by atoms with Crippen molar-refractivity contribution in [3.63, 3.8) is 0 Å². The van der Waals surface area contributed by atoms with Crippen molar-refractivity contribution in [2.24, 2.45) is 11.8 Å². The van der Waals surface area contributed by atoms with Gasteiger partial charge in [-0.05, 0) is 36.8 Å². The number of anilines is 1. The fourth-order valence-electron chi connectivity index (χ4n) is 3.17. The Morgan fingerprint density at radius 2 is 2.14 bits per heavy atom. The highest BCUT2D eigenvalue weighted by Crippen LogP contribution is 2.25. The van der Waals surface area contributed by atoms with Crippen LogP contribution in [0, 0.1) is 11.8 Å². The molecule has 1 aliphatic heterocycles. The van der Waals surface area contributed by atoms with Gasteiger partial charge in [0.05, 0.1) is 5.56 Å². The molecule has 0 spiro atoms. The van der Waals surface area contributed by atoms with Gasteiger partial charge in [-0.2, -0.15) is 0 Å². The quantitative estimate of drug-likeness (QED) is 0.794. The number of aliphatic hydroxyl groups excluding tert-OH is 1. The van der Waals surface area contributed by atoms with Crippen LogP contribution in [0.15, 0.2) is 24.3 Å². The summed E-state index contributed by atoms with van der Waals surface area (Å²) in [6, 6.07) is 7.74. The van der Waals surface area contributed by atoms with E-state index in [0.717, 1.165) is 43.6 Å². The van der Waals surface area contributed by atoms with Crippen LogP contribution in [0.1, 0.15) is 43.5 Å². The number of unbranched alkanes of at least 4 members (excludes halogenated alkanes) is 1. The summed E-state index contributed by atoms with van der Waals surface area (Å²) >= 11 is 0. The van der Waals surface area contributed by atoms with Crippen LogP contribution in [-0.4, -0.2) is 42.2 Å². The first-order chi connectivity index (χ1) is 10.7. The van der Waals surface area contributed by atoms with Crippen LogP contribution in [-0.2, 0) is 0 Å². The van der Waals surface area contributed by atoms with Crippen LogP contribution in [0.3, 0.4) is 0 Å². The third-order valence-corrected chi connectivity index (χ3v) is 4.30. The minimum Gasteiger partial charge on any atom is -0.396 e. The summed E-state index contributed by atoms with van der Waals surface area (Å²) in [6.07, 6.45) is 3.22. The minimum atomic E-state index is 0.0737. The molecule has 2 atom stereocenters. The van der Waals surface area contributed by atoms with Crippen LogP contribution in [0.2, 0.25) is 0 Å². The number of carbonyl (C=O) groups is 1. The number of amides is 1. The molecule has 1 aromatic rings. The topological polar surface area (TPSA) is 52.6 Å². The van der Waals surface area contributed by atoms with E-state index >= 15 is 0 Å². The van der Waals surface area contributed by atoms with Crippen LogP contribution in [0.25, 0.3) is 0 Å². The van der Waals surface area contributed by atoms with Crippen molar-refractivity contribution in [3.8, 4) is 0 Å². The Labute approximate surface area is 133 Å². The van der Waals surface area contributed by atoms with E-state index < -0.39 is 0 Å². The first-order valence-electron chi connectivity index (χ1n) is 8.38. The maximum Gasteiger partial charge on any atom is 0.255 e. The van der Waals surface area contributed by atoms with Crippen molar-refractivity contribution in [1.82, 2.24) is 4.90 Å². The van der Waals surface area contributed by atoms with Crippen molar-refractivity contribution in [3.05, 3.63) is 29.8 Å². The molecule has 1 fully saturated rings. The number of piperidine rings is 1. The standard InChI is InChI=1S/C18H28N2O2/c1-3-4-9-19-17-8-6-5-7-16(17)18(22)20-11-14(2)10-15(12-20)13-21/h5-8,14-15,19,21H,3-4,9-13H2,1-2H3/t14-,15+/m0/s1. The van der Waals surface area contributed by atoms with Crippen LogP contribution in [0.5, 0.6) is 0 Å². The molecule has 0 aromatic heterocycles. The highest BCUT2D eigenvalue weighted by Gasteiger charge is 2.28. The molecule has 0 unspecified atom stereocenters. The van der Waals surface area contributed by atoms with E-state index in [1.165, 1.54) is 0 Å². The first-order valence-corrected chi connectivity index (χ1v) is 8.38. The molecule has 2 rings (SSSR count). The van der Waals surface area contributed by atoms with E-state index in [9.17, 15) is 9.90 Å². The molecule has 0 bridgehead atoms. The van der Waals surface area contributed by atoms with Gasteiger partial charge in [0.2, 0.25) is 0 Å². The molecule has 0 saturated carbocycles. The number of rotatable bonds is 6. The SMILES string of the molecule is CCCCNc1ccccc1C(=O)N1C[C@@H](C)C[C@@H](CO)C1. The smallest absolute Gasteiger partial charge is 0.255 e. The number of carbonyl (C=O) groups excluding carboxylic acids is 1. The molecule has 1 aromatic carbocycles. The van der Waals surface area contributed by atoms with Gasteiger partial charge in [-0.25, -0.2) is 0 Å². The van der Waals surface area contributed by atoms with Crippen molar-refractivity contribution in [1.29, 1.82) is 0 Å². The van der Waals surface area contributed by atoms with E-state index in [1.807, 2.05) is 29.2 Å². The van der Waals surface area contributed by atoms with Gasteiger partial charge < -0.3 is 15.3 Å². The zero-order valence-corrected chi connectivity index (χ0v) is 13.7. The average molecular weight is 304 g/mol. The molecule has 1 amide bonds. The van der Waals surface area contributed by atoms with Gasteiger partial charge in [0, 0.05) is 31.9 Å². The molecule has 1 aliphatic rings. The maximum absolute atomic E-state index is 12.9. The van der Waals surface area contributed by atoms with Gasteiger partial charge in [0.25, 0.3) is 5.91 Å². The van der Waals surface area contributed by atoms with Gasteiger partial charge in [-0.15, -0.1) is 0 Å². The van der Waals surface area contributed by atoms with Crippen molar-refractivity contribution < 1.29 is 9.90 Å². The number of nitrogens with zero attached hydrogens (tertiary/aromatic N) is 1. The number of nitrogens with one attached hydrogen (secondary N) is 1. The van der Waals surface area contributed by atoms with E-state index in [2.05, 4.69) is 19.2 Å². The second kappa shape index (κ2) is 8.18. The summed E-state index contributed by atoms with van der Waals surface area (Å²) < 4.78 is 0. The van der Waals surface area contributed by atoms with Crippen molar-refractivity contribution in [2.45, 2.75) is 33.1 Å². The molecular formula is C18H28N2O2. The number of aliphatic hydroxyl groups is 1. The Bertz CT molecular complexity index is 490. The van der Waals surface area contributed by atoms with Crippen LogP contribution in [0.4, 0.5) is 5.69 Å². The van der Waals surface area contributed by atoms with E-state index in [-0.39, 0.29) is 18.4 Å². The summed E-state index contributed by atoms with van der Waals surface area (Å²) in [6.45, 7) is 6.78. The van der Waals surface area contributed by atoms with Gasteiger partial charge in [-0.1, -0.05) is 32.4 Å². The molecule has 1 saturated heterocycles. The number of hydrogen-bond acceptors (Lipinski definition) is 3. The number of likely N-dealkylation sites (tertiary alicyclic amines) is 1. The highest BCUT2D eigenvalue weighted by atomic mass is 16.3. The fraction of sp³-hybridized carbons (Fsp3) is 0.611. The first kappa shape index (κ1) is 16.8. The van der Waals surface area contributed by atoms with E-state index in [0.29, 0.717) is 12.5 Å². The van der Waals surface area contributed by atoms with Gasteiger partial charge >= 0.3 is 0 Å². The lowest BCUT2D eigenvalue weighted by Gasteiger charge is -2.36. The predicted octanol–water partition coefficient (Wildman–Crippen LogP) is 2.99. The Hall–Kier alpha value is -1.55. The maximum atomic E-state index is 12.9. The van der Waals surface area contributed by atoms with Crippen LogP contribution < -0.4 is 5.32 Å². The Kier molecular flexibility index (Phi) is 6.25. The molecule has 1 heterocycles. The summed E-state index contributed by atoms with van der Waals surface area (Å²) in [5.74, 6) is 0.715. The molecule has 2 N–H and O–H groups in total. The summed E-state index contributed by atoms with van der Waals surface area (Å²) in [4.78, 5) is 14.8. The lowest BCUT2D eigenvalue weighted by Crippen LogP contribution is -2.44. The number of hydrogen-bond donors (Lipinski definition) is 2. The van der Waals surface area contributed by atoms with E-state index in [4.69, 9.17) is 0 Å². The molecule has 4 heteroatoms. The van der Waals surface area contributed by atoms with Gasteiger partial charge in [0.1, 0.15) is 0 Å². The molecule has 0 aliphatic carbocycles. The summed E-state index contributed by atoms with van der Waals surface area (Å²) in [5, 5.41) is 12.8. The Balaban J connectivity index is 2.11. The molecule has 122 valence electrons. The summed E-state index contributed by atoms with van der Waals surface area (Å²) in [7, 11) is 0. The van der Waals surface area contributed by atoms with Crippen LogP contribution >= 0.6 is 0 Å². The zero-order valence-electron chi connectivity index (χ0n) is 13.7. The lowest BCUT2D eigenvalue weighted by atomic mass is 9.90. The molecule has 22 heavy (non-hydrogen) atoms. The van der Waals surface area contributed by atoms with Gasteiger partial charge in [0.15, 0.2) is 0 Å². The molecule has 4 nitrogen and oxygen atoms in total. The normalized spacial score (nSPS) is 21.7. The summed E-state index contributed by atoms with van der Waals surface area (Å²) in [5.41, 5.74) is 1.66. The van der Waals surface area contributed by atoms with Crippen molar-refractivity contribution >= 4 is 11.6 Å². The highest BCUT2D eigenvalue weighted by molar-refractivity contribution is 5.99. The number of benzene rings is 1. The van der Waals surface area contributed by atoms with Crippen molar-refractivity contribution in [2.75, 3.05) is 31.6 Å². The third kappa shape index (κ3) is 4.23. The Morgan fingerprint density at radius 3 is 2.86 bits per heavy atom. The fourth-order valence-corrected chi connectivity index (χ4v) is 3.17. The molecular weight excluding hydrogens is 276 g/mol. The Morgan fingerprint density at radius 1 is 1.36 bits per heavy atom. The third-order valence-electron chi connectivity index (χ3n) is 4.30. The zero-order chi connectivity index (χ0) is 15.9. The van der Waals surface area contributed by atoms with Gasteiger partial charge in [-0.3, -0.25) is 4.79 Å². The minimum absolute atomic E-state index is 0.0737. The number of para-hydroxylation sites is 1. The largest absolute Gasteiger partial charge is 0.396 e. The average Bonchev–Trinajstić information content (AvgIpc) is 2.54. The predicted molar refractivity (Wildman–Crippen MR) is 90.1 cm³/mol. The van der Waals surface area contributed by atoms with E-state index in [1.54, 1.807) is 0 Å². The second-order valence-corrected chi connectivity index (χ2v) is 6.43. The molecule has 0 radical (unpaired) electrons. The monoisotopic (exact) mass is 304 g/mol. The lowest BCUT2D eigenvalue weighted by molar-refractivity contribution is 0.0534.